The lowest BCUT2D eigenvalue weighted by Gasteiger charge is -2.48. The number of nitrogens with zero attached hydrogens (tertiary/aromatic N) is 1. The van der Waals surface area contributed by atoms with E-state index in [0.29, 0.717) is 0 Å². The predicted octanol–water partition coefficient (Wildman–Crippen LogP) is 3.28. The van der Waals surface area contributed by atoms with Crippen LogP contribution in [-0.4, -0.2) is 31.1 Å². The average Bonchev–Trinajstić information content (AvgIpc) is 2.46. The smallest absolute Gasteiger partial charge is 0.119 e. The summed E-state index contributed by atoms with van der Waals surface area (Å²) in [5, 5.41) is 0. The quantitative estimate of drug-likeness (QED) is 0.904. The Kier molecular flexibility index (Phi) is 5.28. The van der Waals surface area contributed by atoms with Crippen molar-refractivity contribution >= 4 is 0 Å². The minimum Gasteiger partial charge on any atom is -0.497 e. The zero-order chi connectivity index (χ0) is 15.5. The molecular formula is C18H30N2O. The number of nitrogens with two attached hydrogens (primary N) is 1. The Hall–Kier alpha value is -1.06. The molecule has 0 saturated heterocycles. The van der Waals surface area contributed by atoms with Gasteiger partial charge in [-0.05, 0) is 55.8 Å². The number of ether oxygens (including phenoxy) is 1. The number of rotatable bonds is 5. The molecule has 0 spiro atoms. The molecule has 0 bridgehead atoms. The van der Waals surface area contributed by atoms with Crippen molar-refractivity contribution in [2.75, 3.05) is 20.7 Å². The fourth-order valence-electron chi connectivity index (χ4n) is 4.08. The van der Waals surface area contributed by atoms with Crippen molar-refractivity contribution in [1.29, 1.82) is 0 Å². The van der Waals surface area contributed by atoms with E-state index in [0.717, 1.165) is 30.7 Å². The molecule has 0 radical (unpaired) electrons. The van der Waals surface area contributed by atoms with Crippen LogP contribution in [0, 0.1) is 11.8 Å². The fraction of sp³-hybridized carbons (Fsp3) is 0.667. The maximum absolute atomic E-state index is 6.21. The largest absolute Gasteiger partial charge is 0.497 e. The summed E-state index contributed by atoms with van der Waals surface area (Å²) >= 11 is 0. The van der Waals surface area contributed by atoms with Crippen LogP contribution in [0.4, 0.5) is 0 Å². The first-order valence-electron chi connectivity index (χ1n) is 8.03. The van der Waals surface area contributed by atoms with Crippen LogP contribution in [0.2, 0.25) is 0 Å². The lowest BCUT2D eigenvalue weighted by atomic mass is 9.70. The molecule has 0 heterocycles. The van der Waals surface area contributed by atoms with E-state index in [2.05, 4.69) is 44.0 Å². The van der Waals surface area contributed by atoms with E-state index in [1.807, 2.05) is 6.07 Å². The van der Waals surface area contributed by atoms with E-state index in [1.54, 1.807) is 7.11 Å². The third-order valence-corrected chi connectivity index (χ3v) is 5.01. The number of hydrogen-bond acceptors (Lipinski definition) is 3. The zero-order valence-electron chi connectivity index (χ0n) is 13.9. The van der Waals surface area contributed by atoms with Crippen molar-refractivity contribution in [3.05, 3.63) is 29.8 Å². The molecule has 1 aromatic rings. The van der Waals surface area contributed by atoms with Crippen LogP contribution < -0.4 is 10.5 Å². The Labute approximate surface area is 129 Å². The Bertz CT molecular complexity index is 450. The molecule has 2 N–H and O–H groups in total. The topological polar surface area (TPSA) is 38.5 Å². The van der Waals surface area contributed by atoms with E-state index >= 15 is 0 Å². The minimum absolute atomic E-state index is 0.139. The summed E-state index contributed by atoms with van der Waals surface area (Å²) in [6, 6.07) is 8.34. The van der Waals surface area contributed by atoms with Crippen LogP contribution in [0.15, 0.2) is 24.3 Å². The molecule has 0 aromatic heterocycles. The van der Waals surface area contributed by atoms with Crippen LogP contribution in [0.5, 0.6) is 5.75 Å². The summed E-state index contributed by atoms with van der Waals surface area (Å²) < 4.78 is 5.32. The van der Waals surface area contributed by atoms with Gasteiger partial charge in [0.15, 0.2) is 0 Å². The molecule has 1 aliphatic rings. The number of likely N-dealkylation sites (N-methyl/N-ethyl adjacent to an activating group) is 1. The van der Waals surface area contributed by atoms with Crippen LogP contribution in [0.25, 0.3) is 0 Å². The molecule has 1 saturated carbocycles. The van der Waals surface area contributed by atoms with E-state index < -0.39 is 0 Å². The van der Waals surface area contributed by atoms with Crippen molar-refractivity contribution < 1.29 is 4.74 Å². The zero-order valence-corrected chi connectivity index (χ0v) is 13.9. The summed E-state index contributed by atoms with van der Waals surface area (Å²) in [6.07, 6.45) is 3.73. The molecule has 3 heteroatoms. The second kappa shape index (κ2) is 6.80. The molecule has 3 nitrogen and oxygen atoms in total. The summed E-state index contributed by atoms with van der Waals surface area (Å²) in [5.41, 5.74) is 7.63. The molecule has 0 aliphatic heterocycles. The van der Waals surface area contributed by atoms with Crippen molar-refractivity contribution in [3.8, 4) is 5.75 Å². The van der Waals surface area contributed by atoms with Crippen LogP contribution in [-0.2, 0) is 6.54 Å². The summed E-state index contributed by atoms with van der Waals surface area (Å²) in [5.74, 6) is 2.43. The van der Waals surface area contributed by atoms with Gasteiger partial charge in [0, 0.05) is 18.6 Å². The highest BCUT2D eigenvalue weighted by Gasteiger charge is 2.39. The molecule has 21 heavy (non-hydrogen) atoms. The van der Waals surface area contributed by atoms with Crippen molar-refractivity contribution in [3.63, 3.8) is 0 Å². The van der Waals surface area contributed by atoms with Gasteiger partial charge in [-0.2, -0.15) is 0 Å². The Morgan fingerprint density at radius 3 is 2.52 bits per heavy atom. The maximum Gasteiger partial charge on any atom is 0.119 e. The van der Waals surface area contributed by atoms with Crippen molar-refractivity contribution in [2.45, 2.75) is 45.2 Å². The summed E-state index contributed by atoms with van der Waals surface area (Å²) in [7, 11) is 3.94. The van der Waals surface area contributed by atoms with Gasteiger partial charge in [-0.3, -0.25) is 4.90 Å². The Morgan fingerprint density at radius 1 is 1.29 bits per heavy atom. The number of methoxy groups -OCH3 is 1. The van der Waals surface area contributed by atoms with Crippen molar-refractivity contribution in [1.82, 2.24) is 4.90 Å². The summed E-state index contributed by atoms with van der Waals surface area (Å²) in [6.45, 7) is 6.38. The van der Waals surface area contributed by atoms with Gasteiger partial charge in [0.2, 0.25) is 0 Å². The van der Waals surface area contributed by atoms with Crippen LogP contribution in [0.1, 0.15) is 38.7 Å². The predicted molar refractivity (Wildman–Crippen MR) is 88.4 cm³/mol. The molecule has 2 unspecified atom stereocenters. The van der Waals surface area contributed by atoms with Gasteiger partial charge >= 0.3 is 0 Å². The monoisotopic (exact) mass is 290 g/mol. The first-order valence-corrected chi connectivity index (χ1v) is 8.03. The third-order valence-electron chi connectivity index (χ3n) is 5.01. The highest BCUT2D eigenvalue weighted by atomic mass is 16.5. The molecule has 2 atom stereocenters. The lowest BCUT2D eigenvalue weighted by Crippen LogP contribution is -2.55. The van der Waals surface area contributed by atoms with E-state index in [-0.39, 0.29) is 5.54 Å². The van der Waals surface area contributed by atoms with Gasteiger partial charge in [-0.25, -0.2) is 0 Å². The summed E-state index contributed by atoms with van der Waals surface area (Å²) in [4.78, 5) is 2.47. The number of benzene rings is 1. The highest BCUT2D eigenvalue weighted by Crippen LogP contribution is 2.39. The van der Waals surface area contributed by atoms with Gasteiger partial charge in [0.25, 0.3) is 0 Å². The van der Waals surface area contributed by atoms with Crippen LogP contribution >= 0.6 is 0 Å². The van der Waals surface area contributed by atoms with Gasteiger partial charge in [0.1, 0.15) is 5.75 Å². The molecule has 1 aliphatic carbocycles. The van der Waals surface area contributed by atoms with E-state index in [4.69, 9.17) is 10.5 Å². The normalized spacial score (nSPS) is 29.6. The van der Waals surface area contributed by atoms with E-state index in [9.17, 15) is 0 Å². The molecule has 1 fully saturated rings. The Balaban J connectivity index is 2.14. The van der Waals surface area contributed by atoms with E-state index in [1.165, 1.54) is 24.8 Å². The maximum atomic E-state index is 6.21. The molecule has 1 aromatic carbocycles. The number of hydrogen-bond donors (Lipinski definition) is 1. The minimum atomic E-state index is 0.139. The second-order valence-electron chi connectivity index (χ2n) is 6.99. The first kappa shape index (κ1) is 16.3. The molecule has 118 valence electrons. The molecule has 2 rings (SSSR count). The fourth-order valence-corrected chi connectivity index (χ4v) is 4.08. The van der Waals surface area contributed by atoms with Gasteiger partial charge in [-0.1, -0.05) is 26.0 Å². The van der Waals surface area contributed by atoms with Gasteiger partial charge in [0.05, 0.1) is 7.11 Å². The van der Waals surface area contributed by atoms with Crippen LogP contribution in [0.3, 0.4) is 0 Å². The second-order valence-corrected chi connectivity index (χ2v) is 6.99. The average molecular weight is 290 g/mol. The third kappa shape index (κ3) is 3.78. The lowest BCUT2D eigenvalue weighted by molar-refractivity contribution is 0.0333. The molecular weight excluding hydrogens is 260 g/mol. The highest BCUT2D eigenvalue weighted by molar-refractivity contribution is 5.28. The molecule has 0 amide bonds. The van der Waals surface area contributed by atoms with Gasteiger partial charge in [-0.15, -0.1) is 0 Å². The standard InChI is InChI=1S/C18H30N2O/c1-14-8-15(2)11-18(10-14,13-19)20(3)12-16-6-5-7-17(9-16)21-4/h5-7,9,14-15H,8,10-13,19H2,1-4H3. The van der Waals surface area contributed by atoms with Crippen molar-refractivity contribution in [2.24, 2.45) is 17.6 Å². The Morgan fingerprint density at radius 2 is 1.95 bits per heavy atom. The van der Waals surface area contributed by atoms with Gasteiger partial charge < -0.3 is 10.5 Å². The SMILES string of the molecule is COc1cccc(CN(C)C2(CN)CC(C)CC(C)C2)c1. The first-order chi connectivity index (χ1) is 9.99.